The molecule has 0 atom stereocenters. The van der Waals surface area contributed by atoms with E-state index in [1.165, 1.54) is 88.6 Å². The molecule has 212 valence electrons. The first kappa shape index (κ1) is 24.3. The van der Waals surface area contributed by atoms with Crippen LogP contribution in [0.5, 0.6) is 0 Å². The minimum atomic E-state index is 0.0959. The van der Waals surface area contributed by atoms with Crippen molar-refractivity contribution in [2.75, 3.05) is 9.80 Å². The molecule has 3 nitrogen and oxygen atoms in total. The first-order valence-electron chi connectivity index (χ1n) is 16.0. The van der Waals surface area contributed by atoms with Crippen LogP contribution in [-0.4, -0.2) is 11.1 Å². The first-order chi connectivity index (χ1) is 22.9. The topological polar surface area (TPSA) is 10.9 Å². The summed E-state index contributed by atoms with van der Waals surface area (Å²) in [7, 11) is 0. The zero-order valence-corrected chi connectivity index (χ0v) is 24.9. The van der Waals surface area contributed by atoms with E-state index in [1.807, 2.05) is 0 Å². The van der Waals surface area contributed by atoms with Gasteiger partial charge >= 0.3 is 0 Å². The number of nitrogens with zero attached hydrogens (tertiary/aromatic N) is 3. The van der Waals surface area contributed by atoms with Crippen molar-refractivity contribution in [1.82, 2.24) is 4.40 Å². The predicted molar refractivity (Wildman–Crippen MR) is 195 cm³/mol. The molecule has 9 aromatic rings. The molecule has 4 heterocycles. The zero-order chi connectivity index (χ0) is 29.9. The minimum Gasteiger partial charge on any atom is -0.311 e. The molecule has 4 heteroatoms. The summed E-state index contributed by atoms with van der Waals surface area (Å²) in [6.45, 7) is 0.0959. The Kier molecular flexibility index (Phi) is 4.66. The molecule has 2 aromatic heterocycles. The Morgan fingerprint density at radius 3 is 1.83 bits per heavy atom. The van der Waals surface area contributed by atoms with Crippen molar-refractivity contribution in [3.8, 4) is 0 Å². The van der Waals surface area contributed by atoms with Crippen LogP contribution in [0.3, 0.4) is 0 Å². The highest BCUT2D eigenvalue weighted by Crippen LogP contribution is 2.48. The maximum Gasteiger partial charge on any atom is 0.252 e. The Labute approximate surface area is 266 Å². The molecular formula is C42H26BN3. The SMILES string of the molecule is c1ccc(N2c3ccccc3B3c4ccc5c(c4N(c4ccccc4)c4cccc2c43)c2cccc3c4ccccc4n5c32)cc1. The summed E-state index contributed by atoms with van der Waals surface area (Å²) in [5.74, 6) is 0. The van der Waals surface area contributed by atoms with Gasteiger partial charge in [0.05, 0.1) is 22.2 Å². The molecule has 2 aliphatic heterocycles. The van der Waals surface area contributed by atoms with Crippen molar-refractivity contribution in [1.29, 1.82) is 0 Å². The molecule has 11 rings (SSSR count). The van der Waals surface area contributed by atoms with Crippen molar-refractivity contribution in [2.24, 2.45) is 0 Å². The molecule has 0 unspecified atom stereocenters. The third kappa shape index (κ3) is 2.94. The normalized spacial score (nSPS) is 13.5. The summed E-state index contributed by atoms with van der Waals surface area (Å²) >= 11 is 0. The average molecular weight is 584 g/mol. The second-order valence-electron chi connectivity index (χ2n) is 12.5. The average Bonchev–Trinajstić information content (AvgIpc) is 3.65. The van der Waals surface area contributed by atoms with Crippen molar-refractivity contribution in [2.45, 2.75) is 0 Å². The molecule has 0 fully saturated rings. The second-order valence-corrected chi connectivity index (χ2v) is 12.5. The molecule has 0 radical (unpaired) electrons. The lowest BCUT2D eigenvalue weighted by Crippen LogP contribution is -2.61. The molecule has 0 N–H and O–H groups in total. The van der Waals surface area contributed by atoms with E-state index in [4.69, 9.17) is 0 Å². The van der Waals surface area contributed by atoms with Crippen LogP contribution in [0.15, 0.2) is 158 Å². The van der Waals surface area contributed by atoms with Crippen LogP contribution in [0, 0.1) is 0 Å². The van der Waals surface area contributed by atoms with E-state index in [-0.39, 0.29) is 6.71 Å². The zero-order valence-electron chi connectivity index (χ0n) is 24.9. The number of fused-ring (bicyclic) bond motifs is 11. The van der Waals surface area contributed by atoms with E-state index in [0.29, 0.717) is 0 Å². The van der Waals surface area contributed by atoms with E-state index in [1.54, 1.807) is 0 Å². The van der Waals surface area contributed by atoms with Gasteiger partial charge in [-0.1, -0.05) is 103 Å². The van der Waals surface area contributed by atoms with Crippen LogP contribution in [0.2, 0.25) is 0 Å². The first-order valence-corrected chi connectivity index (χ1v) is 16.0. The largest absolute Gasteiger partial charge is 0.311 e. The summed E-state index contributed by atoms with van der Waals surface area (Å²) in [5, 5.41) is 5.23. The van der Waals surface area contributed by atoms with Gasteiger partial charge in [-0.2, -0.15) is 0 Å². The summed E-state index contributed by atoms with van der Waals surface area (Å²) in [4.78, 5) is 4.98. The van der Waals surface area contributed by atoms with Crippen molar-refractivity contribution >= 4 is 95.3 Å². The maximum absolute atomic E-state index is 2.54. The molecule has 46 heavy (non-hydrogen) atoms. The Hall–Kier alpha value is -6.00. The van der Waals surface area contributed by atoms with Gasteiger partial charge in [-0.25, -0.2) is 0 Å². The van der Waals surface area contributed by atoms with Crippen LogP contribution >= 0.6 is 0 Å². The smallest absolute Gasteiger partial charge is 0.252 e. The third-order valence-electron chi connectivity index (χ3n) is 10.3. The van der Waals surface area contributed by atoms with E-state index in [9.17, 15) is 0 Å². The molecule has 0 bridgehead atoms. The fourth-order valence-corrected chi connectivity index (χ4v) is 8.58. The van der Waals surface area contributed by atoms with Crippen molar-refractivity contribution in [3.05, 3.63) is 158 Å². The van der Waals surface area contributed by atoms with Gasteiger partial charge in [0.2, 0.25) is 0 Å². The monoisotopic (exact) mass is 583 g/mol. The molecule has 0 amide bonds. The van der Waals surface area contributed by atoms with Gasteiger partial charge in [-0.05, 0) is 71.0 Å². The summed E-state index contributed by atoms with van der Waals surface area (Å²) in [5.41, 5.74) is 15.2. The molecule has 0 spiro atoms. The number of rotatable bonds is 2. The highest BCUT2D eigenvalue weighted by atomic mass is 15.2. The number of hydrogen-bond acceptors (Lipinski definition) is 2. The fraction of sp³-hybridized carbons (Fsp3) is 0. The predicted octanol–water partition coefficient (Wildman–Crippen LogP) is 8.92. The third-order valence-corrected chi connectivity index (χ3v) is 10.3. The van der Waals surface area contributed by atoms with E-state index in [0.717, 1.165) is 0 Å². The Bertz CT molecular complexity index is 2660. The van der Waals surface area contributed by atoms with Gasteiger partial charge in [-0.15, -0.1) is 0 Å². The number of anilines is 6. The van der Waals surface area contributed by atoms with Gasteiger partial charge in [0.25, 0.3) is 6.71 Å². The van der Waals surface area contributed by atoms with Crippen LogP contribution in [-0.2, 0) is 0 Å². The fourth-order valence-electron chi connectivity index (χ4n) is 8.58. The molecule has 2 aliphatic rings. The molecule has 0 saturated heterocycles. The van der Waals surface area contributed by atoms with Crippen LogP contribution in [0.4, 0.5) is 34.1 Å². The quantitative estimate of drug-likeness (QED) is 0.188. The summed E-state index contributed by atoms with van der Waals surface area (Å²) in [6, 6.07) is 58.0. The maximum atomic E-state index is 2.54. The summed E-state index contributed by atoms with van der Waals surface area (Å²) in [6.07, 6.45) is 0. The molecule has 0 aliphatic carbocycles. The van der Waals surface area contributed by atoms with Crippen molar-refractivity contribution < 1.29 is 0 Å². The van der Waals surface area contributed by atoms with E-state index >= 15 is 0 Å². The van der Waals surface area contributed by atoms with E-state index in [2.05, 4.69) is 172 Å². The summed E-state index contributed by atoms with van der Waals surface area (Å²) < 4.78 is 2.50. The lowest BCUT2D eigenvalue weighted by molar-refractivity contribution is 1.26. The highest BCUT2D eigenvalue weighted by molar-refractivity contribution is 7.00. The van der Waals surface area contributed by atoms with Crippen molar-refractivity contribution in [3.63, 3.8) is 0 Å². The number of benzene rings is 7. The van der Waals surface area contributed by atoms with Gasteiger partial charge in [0, 0.05) is 50.0 Å². The van der Waals surface area contributed by atoms with Gasteiger partial charge < -0.3 is 14.2 Å². The van der Waals surface area contributed by atoms with Crippen LogP contribution in [0.1, 0.15) is 0 Å². The molecule has 0 saturated carbocycles. The van der Waals surface area contributed by atoms with Crippen LogP contribution in [0.25, 0.3) is 38.1 Å². The number of hydrogen-bond donors (Lipinski definition) is 0. The lowest BCUT2D eigenvalue weighted by Gasteiger charge is -2.44. The second kappa shape index (κ2) is 8.80. The number of para-hydroxylation sites is 5. The van der Waals surface area contributed by atoms with Gasteiger partial charge in [0.1, 0.15) is 0 Å². The highest BCUT2D eigenvalue weighted by Gasteiger charge is 2.44. The minimum absolute atomic E-state index is 0.0959. The van der Waals surface area contributed by atoms with Gasteiger partial charge in [0.15, 0.2) is 0 Å². The Balaban J connectivity index is 1.32. The van der Waals surface area contributed by atoms with Gasteiger partial charge in [-0.3, -0.25) is 0 Å². The standard InChI is InChI=1S/C42H26BN3/c1-3-13-27(14-4-1)44-35-22-10-8-20-32(35)43-33-25-26-36-39(31-19-11-18-30-29-17-7-9-21-34(29)46(36)41(30)31)42(33)45(28-15-5-2-6-16-28)38-24-12-23-37(44)40(38)43/h1-26H. The van der Waals surface area contributed by atoms with E-state index < -0.39 is 0 Å². The molecule has 7 aromatic carbocycles. The molecular weight excluding hydrogens is 557 g/mol. The Morgan fingerprint density at radius 2 is 1.00 bits per heavy atom. The Morgan fingerprint density at radius 1 is 0.391 bits per heavy atom. The lowest BCUT2D eigenvalue weighted by atomic mass is 9.33. The number of aromatic nitrogens is 1. The van der Waals surface area contributed by atoms with Crippen LogP contribution < -0.4 is 26.2 Å².